The second-order valence-corrected chi connectivity index (χ2v) is 6.40. The fraction of sp³-hybridized carbons (Fsp3) is 0.333. The molecule has 0 fully saturated rings. The van der Waals surface area contributed by atoms with Gasteiger partial charge in [-0.15, -0.1) is 0 Å². The minimum Gasteiger partial charge on any atom is -0.458 e. The number of hydrogen-bond donors (Lipinski definition) is 0. The van der Waals surface area contributed by atoms with Gasteiger partial charge in [0.05, 0.1) is 6.07 Å². The van der Waals surface area contributed by atoms with E-state index >= 15 is 0 Å². The van der Waals surface area contributed by atoms with E-state index in [1.807, 2.05) is 24.3 Å². The predicted molar refractivity (Wildman–Crippen MR) is 76.0 cm³/mol. The van der Waals surface area contributed by atoms with Crippen molar-refractivity contribution in [2.24, 2.45) is 5.41 Å². The van der Waals surface area contributed by atoms with Crippen LogP contribution >= 0.6 is 15.9 Å². The van der Waals surface area contributed by atoms with Gasteiger partial charge in [-0.25, -0.2) is 4.79 Å². The molecule has 0 aliphatic heterocycles. The van der Waals surface area contributed by atoms with Gasteiger partial charge in [0.15, 0.2) is 5.41 Å². The van der Waals surface area contributed by atoms with Gasteiger partial charge in [0.1, 0.15) is 5.60 Å². The summed E-state index contributed by atoms with van der Waals surface area (Å²) in [4.78, 5) is 12.1. The molecule has 4 heteroatoms. The number of esters is 1. The second-order valence-electron chi connectivity index (χ2n) is 5.49. The maximum Gasteiger partial charge on any atom is 0.335 e. The zero-order valence-electron chi connectivity index (χ0n) is 11.0. The summed E-state index contributed by atoms with van der Waals surface area (Å²) in [5.74, 6) is -0.500. The summed E-state index contributed by atoms with van der Waals surface area (Å²) in [6.45, 7) is 5.37. The van der Waals surface area contributed by atoms with Gasteiger partial charge in [0.2, 0.25) is 0 Å². The molecule has 19 heavy (non-hydrogen) atoms. The van der Waals surface area contributed by atoms with Gasteiger partial charge in [-0.1, -0.05) is 28.1 Å². The van der Waals surface area contributed by atoms with Crippen LogP contribution in [0, 0.1) is 16.7 Å². The zero-order chi connectivity index (χ0) is 14.3. The molecule has 3 nitrogen and oxygen atoms in total. The first-order chi connectivity index (χ1) is 8.78. The summed E-state index contributed by atoms with van der Waals surface area (Å²) in [7, 11) is 0. The number of nitrogens with zero attached hydrogens (tertiary/aromatic N) is 1. The Kier molecular flexibility index (Phi) is 3.27. The highest BCUT2D eigenvalue weighted by atomic mass is 79.9. The highest BCUT2D eigenvalue weighted by Crippen LogP contribution is 2.51. The van der Waals surface area contributed by atoms with E-state index in [0.29, 0.717) is 0 Å². The fourth-order valence-corrected chi connectivity index (χ4v) is 2.05. The SMILES string of the molecule is CC(C)(C)OC(=O)[C@]1(C#N)C=C1c1ccc(Br)cc1. The summed E-state index contributed by atoms with van der Waals surface area (Å²) in [5, 5.41) is 9.30. The molecule has 1 aliphatic rings. The molecule has 1 aromatic rings. The summed E-state index contributed by atoms with van der Waals surface area (Å²) in [5.41, 5.74) is -0.212. The first kappa shape index (κ1) is 13.8. The van der Waals surface area contributed by atoms with Gasteiger partial charge in [0.25, 0.3) is 0 Å². The van der Waals surface area contributed by atoms with E-state index in [-0.39, 0.29) is 0 Å². The Hall–Kier alpha value is -1.60. The Bertz CT molecular complexity index is 590. The number of ether oxygens (including phenoxy) is 1. The predicted octanol–water partition coefficient (Wildman–Crippen LogP) is 3.70. The maximum absolute atomic E-state index is 12.1. The van der Waals surface area contributed by atoms with E-state index in [9.17, 15) is 10.1 Å². The van der Waals surface area contributed by atoms with Gasteiger partial charge in [-0.3, -0.25) is 0 Å². The van der Waals surface area contributed by atoms with Gasteiger partial charge in [-0.2, -0.15) is 5.26 Å². The van der Waals surface area contributed by atoms with Crippen molar-refractivity contribution in [2.45, 2.75) is 26.4 Å². The lowest BCUT2D eigenvalue weighted by Gasteiger charge is -2.22. The lowest BCUT2D eigenvalue weighted by atomic mass is 9.98. The fourth-order valence-electron chi connectivity index (χ4n) is 1.79. The average Bonchev–Trinajstić information content (AvgIpc) is 3.04. The van der Waals surface area contributed by atoms with Crippen molar-refractivity contribution in [3.63, 3.8) is 0 Å². The van der Waals surface area contributed by atoms with E-state index in [1.54, 1.807) is 26.8 Å². The van der Waals surface area contributed by atoms with Crippen molar-refractivity contribution in [3.05, 3.63) is 40.4 Å². The van der Waals surface area contributed by atoms with Crippen LogP contribution in [0.3, 0.4) is 0 Å². The molecule has 0 saturated carbocycles. The number of carbonyl (C=O) groups excluding carboxylic acids is 1. The Balaban J connectivity index is 2.20. The molecule has 0 bridgehead atoms. The van der Waals surface area contributed by atoms with Crippen molar-refractivity contribution >= 4 is 27.5 Å². The molecule has 0 amide bonds. The number of halogens is 1. The maximum atomic E-state index is 12.1. The van der Waals surface area contributed by atoms with E-state index in [0.717, 1.165) is 15.6 Å². The lowest BCUT2D eigenvalue weighted by Crippen LogP contribution is -2.30. The smallest absolute Gasteiger partial charge is 0.335 e. The van der Waals surface area contributed by atoms with Crippen LogP contribution in [0.1, 0.15) is 26.3 Å². The average molecular weight is 320 g/mol. The highest BCUT2D eigenvalue weighted by Gasteiger charge is 2.54. The molecule has 98 valence electrons. The molecule has 0 aromatic heterocycles. The first-order valence-corrected chi connectivity index (χ1v) is 6.72. The van der Waals surface area contributed by atoms with Crippen LogP contribution in [0.25, 0.3) is 5.57 Å². The van der Waals surface area contributed by atoms with E-state index in [4.69, 9.17) is 4.74 Å². The topological polar surface area (TPSA) is 50.1 Å². The van der Waals surface area contributed by atoms with Crippen LogP contribution in [0.2, 0.25) is 0 Å². The molecule has 0 saturated heterocycles. The van der Waals surface area contributed by atoms with Crippen molar-refractivity contribution in [2.75, 3.05) is 0 Å². The Morgan fingerprint density at radius 1 is 1.32 bits per heavy atom. The van der Waals surface area contributed by atoms with E-state index in [1.165, 1.54) is 0 Å². The normalized spacial score (nSPS) is 21.3. The number of carbonyl (C=O) groups is 1. The molecule has 0 heterocycles. The van der Waals surface area contributed by atoms with Crippen molar-refractivity contribution < 1.29 is 9.53 Å². The molecule has 1 atom stereocenters. The Morgan fingerprint density at radius 3 is 2.37 bits per heavy atom. The lowest BCUT2D eigenvalue weighted by molar-refractivity contribution is -0.157. The first-order valence-electron chi connectivity index (χ1n) is 5.92. The van der Waals surface area contributed by atoms with Crippen LogP contribution in [0.5, 0.6) is 0 Å². The zero-order valence-corrected chi connectivity index (χ0v) is 12.6. The Morgan fingerprint density at radius 2 is 1.89 bits per heavy atom. The molecule has 0 N–H and O–H groups in total. The number of rotatable bonds is 2. The summed E-state index contributed by atoms with van der Waals surface area (Å²) >= 11 is 3.35. The van der Waals surface area contributed by atoms with E-state index < -0.39 is 17.0 Å². The third-order valence-electron chi connectivity index (χ3n) is 2.75. The molecular formula is C15H14BrNO2. The number of benzene rings is 1. The third-order valence-corrected chi connectivity index (χ3v) is 3.28. The van der Waals surface area contributed by atoms with Crippen molar-refractivity contribution in [1.29, 1.82) is 5.26 Å². The number of nitriles is 1. The van der Waals surface area contributed by atoms with Crippen molar-refractivity contribution in [1.82, 2.24) is 0 Å². The number of hydrogen-bond acceptors (Lipinski definition) is 3. The monoisotopic (exact) mass is 319 g/mol. The van der Waals surface area contributed by atoms with Crippen LogP contribution < -0.4 is 0 Å². The third kappa shape index (κ3) is 2.71. The second kappa shape index (κ2) is 4.50. The van der Waals surface area contributed by atoms with Crippen LogP contribution in [0.15, 0.2) is 34.8 Å². The minimum atomic E-state index is -1.21. The molecular weight excluding hydrogens is 306 g/mol. The van der Waals surface area contributed by atoms with Gasteiger partial charge in [0, 0.05) is 4.47 Å². The van der Waals surface area contributed by atoms with E-state index in [2.05, 4.69) is 22.0 Å². The van der Waals surface area contributed by atoms with Crippen LogP contribution in [-0.2, 0) is 9.53 Å². The van der Waals surface area contributed by atoms with Crippen molar-refractivity contribution in [3.8, 4) is 6.07 Å². The summed E-state index contributed by atoms with van der Waals surface area (Å²) < 4.78 is 6.26. The Labute approximate surface area is 121 Å². The van der Waals surface area contributed by atoms with Gasteiger partial charge >= 0.3 is 5.97 Å². The molecule has 0 unspecified atom stereocenters. The molecule has 2 rings (SSSR count). The summed E-state index contributed by atoms with van der Waals surface area (Å²) in [6.07, 6.45) is 1.66. The van der Waals surface area contributed by atoms with Gasteiger partial charge in [-0.05, 0) is 50.1 Å². The van der Waals surface area contributed by atoms with Crippen LogP contribution in [-0.4, -0.2) is 11.6 Å². The standard InChI is InChI=1S/C15H14BrNO2/c1-14(2,3)19-13(18)15(9-17)8-12(15)10-4-6-11(16)7-5-10/h4-8H,1-3H3/t15-/m0/s1. The minimum absolute atomic E-state index is 0.500. The largest absolute Gasteiger partial charge is 0.458 e. The van der Waals surface area contributed by atoms with Crippen LogP contribution in [0.4, 0.5) is 0 Å². The molecule has 1 aliphatic carbocycles. The molecule has 1 aromatic carbocycles. The van der Waals surface area contributed by atoms with Gasteiger partial charge < -0.3 is 4.74 Å². The summed E-state index contributed by atoms with van der Waals surface area (Å²) in [6, 6.07) is 9.57. The molecule has 0 radical (unpaired) electrons. The molecule has 0 spiro atoms. The highest BCUT2D eigenvalue weighted by molar-refractivity contribution is 9.10. The quantitative estimate of drug-likeness (QED) is 0.781.